The van der Waals surface area contributed by atoms with Crippen LogP contribution < -0.4 is 5.32 Å². The predicted molar refractivity (Wildman–Crippen MR) is 91.6 cm³/mol. The van der Waals surface area contributed by atoms with Crippen LogP contribution in [0.2, 0.25) is 0 Å². The van der Waals surface area contributed by atoms with E-state index in [2.05, 4.69) is 46.1 Å². The van der Waals surface area contributed by atoms with E-state index in [1.54, 1.807) is 0 Å². The van der Waals surface area contributed by atoms with Crippen molar-refractivity contribution in [1.82, 2.24) is 4.90 Å². The van der Waals surface area contributed by atoms with E-state index in [1.165, 1.54) is 18.4 Å². The van der Waals surface area contributed by atoms with Gasteiger partial charge in [0.25, 0.3) is 0 Å². The van der Waals surface area contributed by atoms with Crippen molar-refractivity contribution >= 4 is 27.5 Å². The van der Waals surface area contributed by atoms with Gasteiger partial charge in [-0.2, -0.15) is 0 Å². The number of hydrogen-bond donors (Lipinski definition) is 1. The number of aryl methyl sites for hydroxylation is 1. The van der Waals surface area contributed by atoms with Gasteiger partial charge in [0.2, 0.25) is 5.91 Å². The molecule has 1 N–H and O–H groups in total. The Bertz CT molecular complexity index is 490. The number of hydrogen-bond acceptors (Lipinski definition) is 2. The zero-order chi connectivity index (χ0) is 15.2. The highest BCUT2D eigenvalue weighted by Crippen LogP contribution is 2.21. The van der Waals surface area contributed by atoms with Crippen molar-refractivity contribution < 1.29 is 4.79 Å². The Kier molecular flexibility index (Phi) is 6.09. The monoisotopic (exact) mass is 352 g/mol. The number of nitrogens with zero attached hydrogens (tertiary/aromatic N) is 1. The van der Waals surface area contributed by atoms with Crippen molar-refractivity contribution in [2.45, 2.75) is 52.0 Å². The van der Waals surface area contributed by atoms with Crippen molar-refractivity contribution in [1.29, 1.82) is 0 Å². The van der Waals surface area contributed by atoms with Crippen LogP contribution in [-0.4, -0.2) is 29.9 Å². The lowest BCUT2D eigenvalue weighted by Crippen LogP contribution is -2.43. The van der Waals surface area contributed by atoms with Crippen LogP contribution in [-0.2, 0) is 4.79 Å². The van der Waals surface area contributed by atoms with Crippen molar-refractivity contribution in [2.75, 3.05) is 18.4 Å². The first-order chi connectivity index (χ1) is 10.1. The van der Waals surface area contributed by atoms with Crippen molar-refractivity contribution in [3.63, 3.8) is 0 Å². The summed E-state index contributed by atoms with van der Waals surface area (Å²) in [5.74, 6) is 0.294. The molecule has 4 heteroatoms. The number of nitrogens with one attached hydrogen (secondary N) is 1. The van der Waals surface area contributed by atoms with Gasteiger partial charge in [0, 0.05) is 35.7 Å². The van der Waals surface area contributed by atoms with Crippen LogP contribution in [0.5, 0.6) is 0 Å². The third kappa shape index (κ3) is 4.47. The van der Waals surface area contributed by atoms with Gasteiger partial charge in [-0.3, -0.25) is 4.79 Å². The fourth-order valence-electron chi connectivity index (χ4n) is 2.97. The number of benzene rings is 1. The van der Waals surface area contributed by atoms with E-state index in [9.17, 15) is 4.79 Å². The minimum absolute atomic E-state index is 0.294. The molecule has 0 spiro atoms. The molecule has 0 radical (unpaired) electrons. The smallest absolute Gasteiger partial charge is 0.224 e. The second-order valence-electron chi connectivity index (χ2n) is 5.79. The SMILES string of the molecule is CCC1CCCCN1C(=O)CCNc1ccc(Br)c(C)c1. The average molecular weight is 353 g/mol. The number of halogens is 1. The minimum Gasteiger partial charge on any atom is -0.385 e. The maximum atomic E-state index is 12.4. The third-order valence-electron chi connectivity index (χ3n) is 4.24. The van der Waals surface area contributed by atoms with E-state index < -0.39 is 0 Å². The first-order valence-corrected chi connectivity index (χ1v) is 8.70. The molecule has 1 saturated heterocycles. The van der Waals surface area contributed by atoms with Crippen molar-refractivity contribution in [2.24, 2.45) is 0 Å². The van der Waals surface area contributed by atoms with E-state index in [1.807, 2.05) is 12.1 Å². The van der Waals surface area contributed by atoms with Gasteiger partial charge in [-0.1, -0.05) is 22.9 Å². The number of anilines is 1. The zero-order valence-corrected chi connectivity index (χ0v) is 14.6. The Balaban J connectivity index is 1.82. The summed E-state index contributed by atoms with van der Waals surface area (Å²) in [5.41, 5.74) is 2.28. The Hall–Kier alpha value is -1.03. The average Bonchev–Trinajstić information content (AvgIpc) is 2.50. The van der Waals surface area contributed by atoms with Gasteiger partial charge in [-0.15, -0.1) is 0 Å². The summed E-state index contributed by atoms with van der Waals surface area (Å²) in [7, 11) is 0. The fourth-order valence-corrected chi connectivity index (χ4v) is 3.21. The van der Waals surface area contributed by atoms with Crippen molar-refractivity contribution in [3.8, 4) is 0 Å². The molecule has 3 nitrogen and oxygen atoms in total. The molecule has 21 heavy (non-hydrogen) atoms. The number of rotatable bonds is 5. The normalized spacial score (nSPS) is 18.6. The number of carbonyl (C=O) groups excluding carboxylic acids is 1. The molecule has 0 aromatic heterocycles. The van der Waals surface area contributed by atoms with Crippen LogP contribution >= 0.6 is 15.9 Å². The third-order valence-corrected chi connectivity index (χ3v) is 5.13. The summed E-state index contributed by atoms with van der Waals surface area (Å²) >= 11 is 3.50. The Labute approximate surface area is 136 Å². The van der Waals surface area contributed by atoms with E-state index in [4.69, 9.17) is 0 Å². The molecule has 1 aliphatic heterocycles. The Morgan fingerprint density at radius 2 is 2.24 bits per heavy atom. The van der Waals surface area contributed by atoms with Gasteiger partial charge >= 0.3 is 0 Å². The zero-order valence-electron chi connectivity index (χ0n) is 13.0. The Morgan fingerprint density at radius 1 is 1.43 bits per heavy atom. The lowest BCUT2D eigenvalue weighted by molar-refractivity contribution is -0.134. The Morgan fingerprint density at radius 3 is 2.95 bits per heavy atom. The largest absolute Gasteiger partial charge is 0.385 e. The first-order valence-electron chi connectivity index (χ1n) is 7.91. The van der Waals surface area contributed by atoms with Crippen LogP contribution in [0.4, 0.5) is 5.69 Å². The van der Waals surface area contributed by atoms with E-state index >= 15 is 0 Å². The number of amides is 1. The van der Waals surface area contributed by atoms with E-state index in [0.29, 0.717) is 24.9 Å². The molecular weight excluding hydrogens is 328 g/mol. The standard InChI is InChI=1S/C17H25BrN2O/c1-3-15-6-4-5-11-20(15)17(21)9-10-19-14-7-8-16(18)13(2)12-14/h7-8,12,15,19H,3-6,9-11H2,1-2H3. The van der Waals surface area contributed by atoms with Crippen LogP contribution in [0.25, 0.3) is 0 Å². The minimum atomic E-state index is 0.294. The lowest BCUT2D eigenvalue weighted by atomic mass is 9.99. The fraction of sp³-hybridized carbons (Fsp3) is 0.588. The van der Waals surface area contributed by atoms with Crippen LogP contribution in [0.3, 0.4) is 0 Å². The molecule has 116 valence electrons. The molecule has 1 unspecified atom stereocenters. The first kappa shape index (κ1) is 16.3. The molecule has 1 heterocycles. The quantitative estimate of drug-likeness (QED) is 0.854. The summed E-state index contributed by atoms with van der Waals surface area (Å²) < 4.78 is 1.11. The summed E-state index contributed by atoms with van der Waals surface area (Å²) in [6.45, 7) is 5.89. The lowest BCUT2D eigenvalue weighted by Gasteiger charge is -2.35. The van der Waals surface area contributed by atoms with Gasteiger partial charge < -0.3 is 10.2 Å². The molecule has 2 rings (SSSR count). The molecule has 1 aromatic rings. The summed E-state index contributed by atoms with van der Waals surface area (Å²) in [6, 6.07) is 6.64. The van der Waals surface area contributed by atoms with Gasteiger partial charge in [-0.25, -0.2) is 0 Å². The van der Waals surface area contributed by atoms with Gasteiger partial charge in [0.15, 0.2) is 0 Å². The van der Waals surface area contributed by atoms with Crippen LogP contribution in [0.15, 0.2) is 22.7 Å². The molecule has 1 aromatic carbocycles. The number of likely N-dealkylation sites (tertiary alicyclic amines) is 1. The molecule has 1 fully saturated rings. The van der Waals surface area contributed by atoms with Crippen LogP contribution in [0.1, 0.15) is 44.6 Å². The second kappa shape index (κ2) is 7.83. The second-order valence-corrected chi connectivity index (χ2v) is 6.64. The van der Waals surface area contributed by atoms with Crippen LogP contribution in [0, 0.1) is 6.92 Å². The summed E-state index contributed by atoms with van der Waals surface area (Å²) in [5, 5.41) is 3.35. The predicted octanol–water partition coefficient (Wildman–Crippen LogP) is 4.35. The molecule has 1 atom stereocenters. The molecule has 0 saturated carbocycles. The van der Waals surface area contributed by atoms with Gasteiger partial charge in [0.05, 0.1) is 0 Å². The molecule has 0 bridgehead atoms. The van der Waals surface area contributed by atoms with Gasteiger partial charge in [-0.05, 0) is 56.4 Å². The highest BCUT2D eigenvalue weighted by molar-refractivity contribution is 9.10. The molecular formula is C17H25BrN2O. The maximum Gasteiger partial charge on any atom is 0.224 e. The van der Waals surface area contributed by atoms with E-state index in [-0.39, 0.29) is 0 Å². The highest BCUT2D eigenvalue weighted by Gasteiger charge is 2.24. The van der Waals surface area contributed by atoms with Crippen molar-refractivity contribution in [3.05, 3.63) is 28.2 Å². The number of piperidine rings is 1. The van der Waals surface area contributed by atoms with Gasteiger partial charge in [0.1, 0.15) is 0 Å². The molecule has 1 aliphatic rings. The summed E-state index contributed by atoms with van der Waals surface area (Å²) in [4.78, 5) is 14.5. The topological polar surface area (TPSA) is 32.3 Å². The molecule has 0 aliphatic carbocycles. The number of carbonyl (C=O) groups is 1. The molecule has 1 amide bonds. The summed E-state index contributed by atoms with van der Waals surface area (Å²) in [6.07, 6.45) is 5.23. The van der Waals surface area contributed by atoms with E-state index in [0.717, 1.165) is 29.5 Å². The maximum absolute atomic E-state index is 12.4. The highest BCUT2D eigenvalue weighted by atomic mass is 79.9.